The van der Waals surface area contributed by atoms with E-state index in [1.165, 1.54) is 6.08 Å². The Morgan fingerprint density at radius 2 is 2.06 bits per heavy atom. The van der Waals surface area contributed by atoms with Gasteiger partial charge in [-0.3, -0.25) is 9.59 Å². The van der Waals surface area contributed by atoms with Crippen molar-refractivity contribution in [1.82, 2.24) is 14.8 Å². The minimum atomic E-state index is -0.598. The van der Waals surface area contributed by atoms with Gasteiger partial charge in [0.05, 0.1) is 5.56 Å². The molecule has 0 bridgehead atoms. The number of carbonyl (C=O) groups excluding carboxylic acids is 2. The number of halogens is 2. The molecule has 0 radical (unpaired) electrons. The molecule has 6 nitrogen and oxygen atoms in total. The molecule has 33 heavy (non-hydrogen) atoms. The molecule has 1 aliphatic rings. The SMILES string of the molecule is C=CC(=O)N(Cc1ccsc1)C1CCN([C@H](C)CCc2c(Cl)nc(Cl)c(C(N)=O)c2C)CC1. The summed E-state index contributed by atoms with van der Waals surface area (Å²) < 4.78 is 0. The van der Waals surface area contributed by atoms with Gasteiger partial charge in [0.15, 0.2) is 0 Å². The molecule has 0 aliphatic carbocycles. The van der Waals surface area contributed by atoms with Crippen LogP contribution in [0.1, 0.15) is 53.2 Å². The summed E-state index contributed by atoms with van der Waals surface area (Å²) in [5.41, 5.74) is 8.38. The van der Waals surface area contributed by atoms with Crippen molar-refractivity contribution < 1.29 is 9.59 Å². The van der Waals surface area contributed by atoms with Crippen LogP contribution in [0.25, 0.3) is 0 Å². The number of hydrogen-bond donors (Lipinski definition) is 1. The molecule has 3 heterocycles. The highest BCUT2D eigenvalue weighted by Crippen LogP contribution is 2.29. The summed E-state index contributed by atoms with van der Waals surface area (Å²) in [6, 6.07) is 2.58. The Morgan fingerprint density at radius 3 is 2.64 bits per heavy atom. The number of hydrogen-bond acceptors (Lipinski definition) is 5. The van der Waals surface area contributed by atoms with Gasteiger partial charge in [-0.15, -0.1) is 0 Å². The lowest BCUT2D eigenvalue weighted by atomic mass is 9.97. The van der Waals surface area contributed by atoms with Gasteiger partial charge in [-0.25, -0.2) is 4.98 Å². The quantitative estimate of drug-likeness (QED) is 0.387. The van der Waals surface area contributed by atoms with Crippen molar-refractivity contribution in [2.24, 2.45) is 5.73 Å². The van der Waals surface area contributed by atoms with Gasteiger partial charge < -0.3 is 15.5 Å². The van der Waals surface area contributed by atoms with E-state index in [4.69, 9.17) is 28.9 Å². The van der Waals surface area contributed by atoms with Crippen molar-refractivity contribution in [2.75, 3.05) is 13.1 Å². The molecule has 3 rings (SSSR count). The van der Waals surface area contributed by atoms with E-state index in [0.717, 1.165) is 43.5 Å². The number of carbonyl (C=O) groups is 2. The van der Waals surface area contributed by atoms with Crippen molar-refractivity contribution >= 4 is 46.4 Å². The Hall–Kier alpha value is -1.93. The van der Waals surface area contributed by atoms with Crippen LogP contribution in [0.4, 0.5) is 0 Å². The molecule has 1 aliphatic heterocycles. The van der Waals surface area contributed by atoms with Crippen LogP contribution in [-0.4, -0.2) is 51.8 Å². The van der Waals surface area contributed by atoms with E-state index in [9.17, 15) is 9.59 Å². The van der Waals surface area contributed by atoms with Gasteiger partial charge >= 0.3 is 0 Å². The normalized spacial score (nSPS) is 15.9. The van der Waals surface area contributed by atoms with E-state index >= 15 is 0 Å². The Balaban J connectivity index is 1.60. The number of nitrogens with two attached hydrogens (primary N) is 1. The van der Waals surface area contributed by atoms with Gasteiger partial charge in [0.1, 0.15) is 10.3 Å². The smallest absolute Gasteiger partial charge is 0.252 e. The van der Waals surface area contributed by atoms with E-state index in [2.05, 4.69) is 34.8 Å². The van der Waals surface area contributed by atoms with Crippen LogP contribution in [0.5, 0.6) is 0 Å². The van der Waals surface area contributed by atoms with Gasteiger partial charge in [0.25, 0.3) is 5.91 Å². The lowest BCUT2D eigenvalue weighted by Gasteiger charge is -2.40. The molecule has 1 atom stereocenters. The molecule has 2 N–H and O–H groups in total. The van der Waals surface area contributed by atoms with E-state index in [1.54, 1.807) is 11.3 Å². The molecule has 0 aromatic carbocycles. The summed E-state index contributed by atoms with van der Waals surface area (Å²) in [5.74, 6) is -0.613. The molecule has 1 saturated heterocycles. The summed E-state index contributed by atoms with van der Waals surface area (Å²) in [4.78, 5) is 32.8. The van der Waals surface area contributed by atoms with Crippen LogP contribution in [0.15, 0.2) is 29.5 Å². The monoisotopic (exact) mass is 508 g/mol. The summed E-state index contributed by atoms with van der Waals surface area (Å²) in [7, 11) is 0. The lowest BCUT2D eigenvalue weighted by molar-refractivity contribution is -0.130. The number of rotatable bonds is 9. The molecule has 0 spiro atoms. The highest BCUT2D eigenvalue weighted by Gasteiger charge is 2.29. The second kappa shape index (κ2) is 11.5. The number of likely N-dealkylation sites (tertiary alicyclic amines) is 1. The molecule has 178 valence electrons. The van der Waals surface area contributed by atoms with E-state index < -0.39 is 5.91 Å². The van der Waals surface area contributed by atoms with Gasteiger partial charge in [-0.2, -0.15) is 11.3 Å². The van der Waals surface area contributed by atoms with Crippen molar-refractivity contribution in [1.29, 1.82) is 0 Å². The molecular formula is C24H30Cl2N4O2S. The molecule has 9 heteroatoms. The molecule has 2 amide bonds. The van der Waals surface area contributed by atoms with Crippen LogP contribution >= 0.6 is 34.5 Å². The maximum Gasteiger partial charge on any atom is 0.252 e. The first kappa shape index (κ1) is 25.7. The fourth-order valence-corrected chi connectivity index (χ4v) is 5.85. The van der Waals surface area contributed by atoms with Gasteiger partial charge in [0, 0.05) is 31.7 Å². The molecule has 1 fully saturated rings. The number of amides is 2. The molecule has 2 aromatic heterocycles. The predicted octanol–water partition coefficient (Wildman–Crippen LogP) is 4.86. The standard InChI is InChI=1S/C24H30Cl2N4O2S/c1-4-20(31)30(13-17-9-12-33-14-17)18-7-10-29(11-8-18)15(2)5-6-19-16(3)21(24(27)32)23(26)28-22(19)25/h4,9,12,14-15,18H,1,5-8,10-11,13H2,2-3H3,(H2,27,32)/t15-/m1/s1. The fraction of sp³-hybridized carbons (Fsp3) is 0.458. The second-order valence-corrected chi connectivity index (χ2v) is 9.99. The third-order valence-corrected chi connectivity index (χ3v) is 7.81. The number of primary amides is 1. The zero-order valence-corrected chi connectivity index (χ0v) is 21.3. The van der Waals surface area contributed by atoms with Gasteiger partial charge in [-0.05, 0) is 79.1 Å². The average Bonchev–Trinajstić information content (AvgIpc) is 3.29. The molecule has 2 aromatic rings. The number of nitrogens with zero attached hydrogens (tertiary/aromatic N) is 3. The zero-order chi connectivity index (χ0) is 24.1. The Morgan fingerprint density at radius 1 is 1.36 bits per heavy atom. The average molecular weight is 510 g/mol. The molecule has 0 saturated carbocycles. The number of thiophene rings is 1. The third kappa shape index (κ3) is 6.15. The summed E-state index contributed by atoms with van der Waals surface area (Å²) in [5, 5.41) is 4.49. The largest absolute Gasteiger partial charge is 0.365 e. The highest BCUT2D eigenvalue weighted by molar-refractivity contribution is 7.07. The Labute approximate surface area is 209 Å². The fourth-order valence-electron chi connectivity index (χ4n) is 4.50. The first-order chi connectivity index (χ1) is 15.7. The molecule has 0 unspecified atom stereocenters. The third-order valence-electron chi connectivity index (χ3n) is 6.49. The Bertz CT molecular complexity index is 1000. The number of pyridine rings is 1. The second-order valence-electron chi connectivity index (χ2n) is 8.49. The summed E-state index contributed by atoms with van der Waals surface area (Å²) in [6.07, 6.45) is 4.78. The minimum absolute atomic E-state index is 0.0155. The summed E-state index contributed by atoms with van der Waals surface area (Å²) >= 11 is 14.0. The molecular weight excluding hydrogens is 479 g/mol. The first-order valence-electron chi connectivity index (χ1n) is 11.0. The highest BCUT2D eigenvalue weighted by atomic mass is 35.5. The number of aromatic nitrogens is 1. The van der Waals surface area contributed by atoms with Gasteiger partial charge in [-0.1, -0.05) is 29.8 Å². The maximum absolute atomic E-state index is 12.5. The first-order valence-corrected chi connectivity index (χ1v) is 12.7. The van der Waals surface area contributed by atoms with Crippen LogP contribution in [0.2, 0.25) is 10.3 Å². The van der Waals surface area contributed by atoms with Crippen molar-refractivity contribution in [3.8, 4) is 0 Å². The predicted molar refractivity (Wildman–Crippen MR) is 135 cm³/mol. The van der Waals surface area contributed by atoms with Crippen LogP contribution in [0, 0.1) is 6.92 Å². The van der Waals surface area contributed by atoms with E-state index in [-0.39, 0.29) is 22.7 Å². The van der Waals surface area contributed by atoms with E-state index in [1.807, 2.05) is 17.2 Å². The minimum Gasteiger partial charge on any atom is -0.365 e. The van der Waals surface area contributed by atoms with Crippen molar-refractivity contribution in [2.45, 2.75) is 58.2 Å². The summed E-state index contributed by atoms with van der Waals surface area (Å²) in [6.45, 7) is 10.1. The van der Waals surface area contributed by atoms with Gasteiger partial charge in [0.2, 0.25) is 5.91 Å². The van der Waals surface area contributed by atoms with Crippen LogP contribution in [0.3, 0.4) is 0 Å². The maximum atomic E-state index is 12.5. The van der Waals surface area contributed by atoms with Crippen molar-refractivity contribution in [3.05, 3.63) is 62.0 Å². The van der Waals surface area contributed by atoms with Crippen LogP contribution in [-0.2, 0) is 17.8 Å². The zero-order valence-electron chi connectivity index (χ0n) is 19.0. The Kier molecular flexibility index (Phi) is 8.93. The van der Waals surface area contributed by atoms with E-state index in [0.29, 0.717) is 29.7 Å². The lowest BCUT2D eigenvalue weighted by Crippen LogP contribution is -2.48. The topological polar surface area (TPSA) is 79.5 Å². The van der Waals surface area contributed by atoms with Crippen LogP contribution < -0.4 is 5.73 Å². The number of piperidine rings is 1. The van der Waals surface area contributed by atoms with Crippen molar-refractivity contribution in [3.63, 3.8) is 0 Å².